The second-order valence-corrected chi connectivity index (χ2v) is 3.45. The van der Waals surface area contributed by atoms with Crippen molar-refractivity contribution in [1.82, 2.24) is 5.32 Å². The smallest absolute Gasteiger partial charge is 0.127 e. The Kier molecular flexibility index (Phi) is 4.68. The quantitative estimate of drug-likeness (QED) is 0.766. The van der Waals surface area contributed by atoms with Crippen LogP contribution in [0, 0.1) is 12.3 Å². The van der Waals surface area contributed by atoms with Gasteiger partial charge in [0.05, 0.1) is 20.3 Å². The van der Waals surface area contributed by atoms with Gasteiger partial charge >= 0.3 is 0 Å². The minimum Gasteiger partial charge on any atom is -0.497 e. The number of ether oxygens (including phenoxy) is 2. The summed E-state index contributed by atoms with van der Waals surface area (Å²) in [5, 5.41) is 3.20. The van der Waals surface area contributed by atoms with E-state index in [1.54, 1.807) is 14.2 Å². The fourth-order valence-corrected chi connectivity index (χ4v) is 1.32. The Hall–Kier alpha value is -1.66. The normalized spacial score (nSPS) is 11.6. The van der Waals surface area contributed by atoms with Gasteiger partial charge in [0.2, 0.25) is 0 Å². The van der Waals surface area contributed by atoms with Crippen molar-refractivity contribution in [1.29, 1.82) is 0 Å². The van der Waals surface area contributed by atoms with Gasteiger partial charge in [-0.25, -0.2) is 0 Å². The van der Waals surface area contributed by atoms with Crippen LogP contribution in [-0.4, -0.2) is 20.3 Å². The summed E-state index contributed by atoms with van der Waals surface area (Å²) >= 11 is 0. The third-order valence-corrected chi connectivity index (χ3v) is 2.34. The molecule has 16 heavy (non-hydrogen) atoms. The Balaban J connectivity index is 2.76. The lowest BCUT2D eigenvalue weighted by atomic mass is 10.2. The Labute approximate surface area is 96.8 Å². The first-order valence-electron chi connectivity index (χ1n) is 5.11. The van der Waals surface area contributed by atoms with Gasteiger partial charge in [-0.1, -0.05) is 12.0 Å². The molecule has 0 radical (unpaired) electrons. The minimum atomic E-state index is 0.0480. The van der Waals surface area contributed by atoms with Crippen LogP contribution in [0.4, 0.5) is 0 Å². The molecule has 0 saturated carbocycles. The van der Waals surface area contributed by atoms with Crippen LogP contribution in [0.5, 0.6) is 11.5 Å². The number of hydrogen-bond donors (Lipinski definition) is 1. The molecule has 0 fully saturated rings. The first-order chi connectivity index (χ1) is 7.71. The molecule has 0 spiro atoms. The lowest BCUT2D eigenvalue weighted by molar-refractivity contribution is 0.389. The van der Waals surface area contributed by atoms with Crippen molar-refractivity contribution in [2.75, 3.05) is 14.2 Å². The maximum atomic E-state index is 5.29. The SMILES string of the molecule is C#CC(C)NCc1ccc(OC)cc1OC. The van der Waals surface area contributed by atoms with Gasteiger partial charge in [-0.15, -0.1) is 6.42 Å². The van der Waals surface area contributed by atoms with Crippen molar-refractivity contribution in [2.24, 2.45) is 0 Å². The van der Waals surface area contributed by atoms with Gasteiger partial charge < -0.3 is 9.47 Å². The van der Waals surface area contributed by atoms with Crippen molar-refractivity contribution < 1.29 is 9.47 Å². The van der Waals surface area contributed by atoms with Crippen LogP contribution in [0.3, 0.4) is 0 Å². The minimum absolute atomic E-state index is 0.0480. The van der Waals surface area contributed by atoms with E-state index in [9.17, 15) is 0 Å². The summed E-state index contributed by atoms with van der Waals surface area (Å²) in [4.78, 5) is 0. The van der Waals surface area contributed by atoms with Crippen LogP contribution >= 0.6 is 0 Å². The number of hydrogen-bond acceptors (Lipinski definition) is 3. The molecule has 1 atom stereocenters. The average Bonchev–Trinajstić information content (AvgIpc) is 2.35. The van der Waals surface area contributed by atoms with Crippen LogP contribution in [0.2, 0.25) is 0 Å². The van der Waals surface area contributed by atoms with Gasteiger partial charge in [0, 0.05) is 18.2 Å². The number of benzene rings is 1. The number of rotatable bonds is 5. The van der Waals surface area contributed by atoms with E-state index in [1.165, 1.54) is 0 Å². The third-order valence-electron chi connectivity index (χ3n) is 2.34. The third kappa shape index (κ3) is 3.18. The lowest BCUT2D eigenvalue weighted by Gasteiger charge is -2.12. The van der Waals surface area contributed by atoms with Gasteiger partial charge in [0.15, 0.2) is 0 Å². The molecule has 3 nitrogen and oxygen atoms in total. The molecule has 0 aromatic heterocycles. The fraction of sp³-hybridized carbons (Fsp3) is 0.385. The summed E-state index contributed by atoms with van der Waals surface area (Å²) in [5.74, 6) is 4.20. The summed E-state index contributed by atoms with van der Waals surface area (Å²) in [5.41, 5.74) is 1.06. The Morgan fingerprint density at radius 2 is 2.12 bits per heavy atom. The molecule has 0 aliphatic carbocycles. The summed E-state index contributed by atoms with van der Waals surface area (Å²) in [6.45, 7) is 2.62. The molecule has 1 rings (SSSR count). The zero-order chi connectivity index (χ0) is 12.0. The van der Waals surface area contributed by atoms with E-state index in [1.807, 2.05) is 25.1 Å². The van der Waals surface area contributed by atoms with Gasteiger partial charge in [-0.2, -0.15) is 0 Å². The summed E-state index contributed by atoms with van der Waals surface area (Å²) in [6, 6.07) is 5.78. The molecule has 1 aromatic rings. The first-order valence-corrected chi connectivity index (χ1v) is 5.11. The maximum Gasteiger partial charge on any atom is 0.127 e. The first kappa shape index (κ1) is 12.4. The highest BCUT2D eigenvalue weighted by Crippen LogP contribution is 2.24. The van der Waals surface area contributed by atoms with Gasteiger partial charge in [0.25, 0.3) is 0 Å². The van der Waals surface area contributed by atoms with E-state index in [2.05, 4.69) is 11.2 Å². The van der Waals surface area contributed by atoms with E-state index in [-0.39, 0.29) is 6.04 Å². The number of methoxy groups -OCH3 is 2. The molecule has 0 heterocycles. The second kappa shape index (κ2) is 6.04. The van der Waals surface area contributed by atoms with E-state index < -0.39 is 0 Å². The van der Waals surface area contributed by atoms with Crippen LogP contribution < -0.4 is 14.8 Å². The second-order valence-electron chi connectivity index (χ2n) is 3.45. The van der Waals surface area contributed by atoms with Crippen LogP contribution in [0.1, 0.15) is 12.5 Å². The molecule has 0 amide bonds. The zero-order valence-electron chi connectivity index (χ0n) is 9.91. The van der Waals surface area contributed by atoms with E-state index in [4.69, 9.17) is 15.9 Å². The summed E-state index contributed by atoms with van der Waals surface area (Å²) in [6.07, 6.45) is 5.29. The molecule has 0 bridgehead atoms. The molecule has 1 aromatic carbocycles. The Bertz CT molecular complexity index is 382. The highest BCUT2D eigenvalue weighted by atomic mass is 16.5. The molecule has 86 valence electrons. The van der Waals surface area contributed by atoms with E-state index in [0.29, 0.717) is 6.54 Å². The van der Waals surface area contributed by atoms with Crippen LogP contribution in [-0.2, 0) is 6.54 Å². The van der Waals surface area contributed by atoms with E-state index >= 15 is 0 Å². The predicted molar refractivity (Wildman–Crippen MR) is 64.7 cm³/mol. The standard InChI is InChI=1S/C13H17NO2/c1-5-10(2)14-9-11-6-7-12(15-3)8-13(11)16-4/h1,6-8,10,14H,9H2,2-4H3. The predicted octanol–water partition coefficient (Wildman–Crippen LogP) is 1.82. The zero-order valence-corrected chi connectivity index (χ0v) is 9.91. The molecule has 1 unspecified atom stereocenters. The van der Waals surface area contributed by atoms with Crippen LogP contribution in [0.15, 0.2) is 18.2 Å². The highest BCUT2D eigenvalue weighted by molar-refractivity contribution is 5.40. The van der Waals surface area contributed by atoms with Gasteiger partial charge in [0.1, 0.15) is 11.5 Å². The van der Waals surface area contributed by atoms with Crippen LogP contribution in [0.25, 0.3) is 0 Å². The molecular weight excluding hydrogens is 202 g/mol. The lowest BCUT2D eigenvalue weighted by Crippen LogP contribution is -2.23. The van der Waals surface area contributed by atoms with Crippen molar-refractivity contribution in [3.63, 3.8) is 0 Å². The largest absolute Gasteiger partial charge is 0.497 e. The van der Waals surface area contributed by atoms with Crippen molar-refractivity contribution in [3.8, 4) is 23.8 Å². The Morgan fingerprint density at radius 3 is 2.69 bits per heavy atom. The van der Waals surface area contributed by atoms with Crippen molar-refractivity contribution in [3.05, 3.63) is 23.8 Å². The van der Waals surface area contributed by atoms with E-state index in [0.717, 1.165) is 17.1 Å². The molecule has 1 N–H and O–H groups in total. The van der Waals surface area contributed by atoms with Crippen molar-refractivity contribution in [2.45, 2.75) is 19.5 Å². The summed E-state index contributed by atoms with van der Waals surface area (Å²) < 4.78 is 10.4. The monoisotopic (exact) mass is 219 g/mol. The molecule has 0 saturated heterocycles. The molecule has 3 heteroatoms. The molecule has 0 aliphatic rings. The highest BCUT2D eigenvalue weighted by Gasteiger charge is 2.05. The fourth-order valence-electron chi connectivity index (χ4n) is 1.32. The number of nitrogens with one attached hydrogen (secondary N) is 1. The Morgan fingerprint density at radius 1 is 1.38 bits per heavy atom. The summed E-state index contributed by atoms with van der Waals surface area (Å²) in [7, 11) is 3.27. The molecular formula is C13H17NO2. The number of terminal acetylenes is 1. The average molecular weight is 219 g/mol. The maximum absolute atomic E-state index is 5.29. The van der Waals surface area contributed by atoms with Gasteiger partial charge in [-0.3, -0.25) is 5.32 Å². The molecule has 0 aliphatic heterocycles. The topological polar surface area (TPSA) is 30.5 Å². The van der Waals surface area contributed by atoms with Crippen molar-refractivity contribution >= 4 is 0 Å². The van der Waals surface area contributed by atoms with Gasteiger partial charge in [-0.05, 0) is 13.0 Å².